The number of rotatable bonds is 4. The monoisotopic (exact) mass is 372 g/mol. The summed E-state index contributed by atoms with van der Waals surface area (Å²) in [5.74, 6) is 2.67. The predicted octanol–water partition coefficient (Wildman–Crippen LogP) is 4.05. The van der Waals surface area contributed by atoms with Gasteiger partial charge in [-0.2, -0.15) is 0 Å². The van der Waals surface area contributed by atoms with Crippen LogP contribution in [0.5, 0.6) is 0 Å². The normalized spacial score (nSPS) is 28.6. The minimum Gasteiger partial charge on any atom is -0.384 e. The van der Waals surface area contributed by atoms with Crippen molar-refractivity contribution in [2.75, 3.05) is 11.9 Å². The van der Waals surface area contributed by atoms with Gasteiger partial charge >= 0.3 is 0 Å². The van der Waals surface area contributed by atoms with Crippen LogP contribution in [0.15, 0.2) is 18.2 Å². The van der Waals surface area contributed by atoms with E-state index in [0.29, 0.717) is 0 Å². The highest BCUT2D eigenvalue weighted by atomic mass is 127. The molecule has 0 aromatic heterocycles. The summed E-state index contributed by atoms with van der Waals surface area (Å²) in [5.41, 5.74) is 1.18. The van der Waals surface area contributed by atoms with Gasteiger partial charge in [0.2, 0.25) is 0 Å². The van der Waals surface area contributed by atoms with E-state index in [1.165, 1.54) is 25.7 Å². The first-order valence-corrected chi connectivity index (χ1v) is 7.89. The summed E-state index contributed by atoms with van der Waals surface area (Å²) < 4.78 is 0.926. The fourth-order valence-electron chi connectivity index (χ4n) is 3.63. The Hall–Kier alpha value is -0.850. The molecule has 1 aromatic carbocycles. The van der Waals surface area contributed by atoms with Gasteiger partial charge in [0.1, 0.15) is 0 Å². The highest BCUT2D eigenvalue weighted by molar-refractivity contribution is 14.1. The van der Waals surface area contributed by atoms with Crippen LogP contribution in [-0.4, -0.2) is 11.5 Å². The van der Waals surface area contributed by atoms with Gasteiger partial charge in [-0.15, -0.1) is 0 Å². The van der Waals surface area contributed by atoms with Crippen LogP contribution in [0.1, 0.15) is 25.7 Å². The molecule has 2 aliphatic carbocycles. The minimum atomic E-state index is -0.345. The molecule has 1 aromatic rings. The Labute approximate surface area is 126 Å². The molecule has 2 saturated carbocycles. The standard InChI is InChI=1S/C14H17IN2O2/c15-13-7-12(17(18)19)3-4-14(13)16-8-11-6-9-1-2-10(11)5-9/h3-4,7,9-11,16H,1-2,5-6,8H2. The molecule has 5 heteroatoms. The second-order valence-corrected chi connectivity index (χ2v) is 6.90. The van der Waals surface area contributed by atoms with Crippen LogP contribution in [0.25, 0.3) is 0 Å². The zero-order valence-corrected chi connectivity index (χ0v) is 12.8. The molecule has 0 amide bonds. The Bertz CT molecular complexity index is 506. The largest absolute Gasteiger partial charge is 0.384 e. The third kappa shape index (κ3) is 2.70. The van der Waals surface area contributed by atoms with Crippen LogP contribution in [0.2, 0.25) is 0 Å². The van der Waals surface area contributed by atoms with Crippen molar-refractivity contribution < 1.29 is 4.92 Å². The van der Waals surface area contributed by atoms with Gasteiger partial charge in [0, 0.05) is 27.9 Å². The first-order valence-electron chi connectivity index (χ1n) is 6.81. The average Bonchev–Trinajstić information content (AvgIpc) is 2.99. The van der Waals surface area contributed by atoms with E-state index in [2.05, 4.69) is 27.9 Å². The van der Waals surface area contributed by atoms with Gasteiger partial charge in [-0.25, -0.2) is 0 Å². The smallest absolute Gasteiger partial charge is 0.270 e. The predicted molar refractivity (Wildman–Crippen MR) is 83.2 cm³/mol. The molecule has 2 aliphatic rings. The highest BCUT2D eigenvalue weighted by Gasteiger charge is 2.39. The topological polar surface area (TPSA) is 55.2 Å². The number of hydrogen-bond donors (Lipinski definition) is 1. The number of non-ortho nitro benzene ring substituents is 1. The van der Waals surface area contributed by atoms with E-state index in [1.807, 2.05) is 6.07 Å². The lowest BCUT2D eigenvalue weighted by Crippen LogP contribution is -2.20. The number of nitro benzene ring substituents is 1. The number of nitrogens with one attached hydrogen (secondary N) is 1. The number of nitro groups is 1. The van der Waals surface area contributed by atoms with E-state index in [-0.39, 0.29) is 10.6 Å². The second-order valence-electron chi connectivity index (χ2n) is 5.74. The average molecular weight is 372 g/mol. The number of hydrogen-bond acceptors (Lipinski definition) is 3. The maximum Gasteiger partial charge on any atom is 0.270 e. The summed E-state index contributed by atoms with van der Waals surface area (Å²) in [6.07, 6.45) is 5.61. The third-order valence-electron chi connectivity index (χ3n) is 4.60. The van der Waals surface area contributed by atoms with Crippen molar-refractivity contribution >= 4 is 34.0 Å². The summed E-state index contributed by atoms with van der Waals surface area (Å²) in [5, 5.41) is 14.2. The van der Waals surface area contributed by atoms with Gasteiger partial charge in [-0.05, 0) is 65.7 Å². The first-order chi connectivity index (χ1) is 9.13. The molecule has 0 spiro atoms. The Balaban J connectivity index is 1.62. The lowest BCUT2D eigenvalue weighted by molar-refractivity contribution is -0.384. The summed E-state index contributed by atoms with van der Waals surface area (Å²) >= 11 is 2.16. The van der Waals surface area contributed by atoms with E-state index in [0.717, 1.165) is 33.6 Å². The van der Waals surface area contributed by atoms with Crippen molar-refractivity contribution in [3.05, 3.63) is 31.9 Å². The SMILES string of the molecule is O=[N+]([O-])c1ccc(NCC2CC3CCC2C3)c(I)c1. The van der Waals surface area contributed by atoms with Gasteiger partial charge in [0.15, 0.2) is 0 Å². The van der Waals surface area contributed by atoms with E-state index in [9.17, 15) is 10.1 Å². The Morgan fingerprint density at radius 3 is 2.79 bits per heavy atom. The van der Waals surface area contributed by atoms with Crippen molar-refractivity contribution in [1.82, 2.24) is 0 Å². The van der Waals surface area contributed by atoms with E-state index in [4.69, 9.17) is 0 Å². The van der Waals surface area contributed by atoms with Crippen molar-refractivity contribution in [1.29, 1.82) is 0 Å². The molecule has 3 rings (SSSR count). The molecule has 0 aliphatic heterocycles. The number of benzene rings is 1. The van der Waals surface area contributed by atoms with E-state index >= 15 is 0 Å². The van der Waals surface area contributed by atoms with E-state index in [1.54, 1.807) is 12.1 Å². The van der Waals surface area contributed by atoms with Crippen molar-refractivity contribution in [3.8, 4) is 0 Å². The molecule has 19 heavy (non-hydrogen) atoms. The second kappa shape index (κ2) is 5.26. The molecule has 102 valence electrons. The molecule has 4 nitrogen and oxygen atoms in total. The van der Waals surface area contributed by atoms with Crippen molar-refractivity contribution in [2.45, 2.75) is 25.7 Å². The lowest BCUT2D eigenvalue weighted by Gasteiger charge is -2.22. The Morgan fingerprint density at radius 1 is 1.37 bits per heavy atom. The third-order valence-corrected chi connectivity index (χ3v) is 5.50. The zero-order chi connectivity index (χ0) is 13.4. The maximum absolute atomic E-state index is 10.7. The summed E-state index contributed by atoms with van der Waals surface area (Å²) in [6.45, 7) is 1.01. The summed E-state index contributed by atoms with van der Waals surface area (Å²) in [4.78, 5) is 10.4. The van der Waals surface area contributed by atoms with Gasteiger partial charge in [-0.1, -0.05) is 6.42 Å². The Morgan fingerprint density at radius 2 is 2.21 bits per heavy atom. The summed E-state index contributed by atoms with van der Waals surface area (Å²) in [7, 11) is 0. The molecular formula is C14H17IN2O2. The number of nitrogens with zero attached hydrogens (tertiary/aromatic N) is 1. The first kappa shape index (κ1) is 13.1. The molecule has 0 saturated heterocycles. The molecule has 1 N–H and O–H groups in total. The lowest BCUT2D eigenvalue weighted by atomic mass is 9.89. The van der Waals surface area contributed by atoms with Crippen LogP contribution < -0.4 is 5.32 Å². The highest BCUT2D eigenvalue weighted by Crippen LogP contribution is 2.48. The van der Waals surface area contributed by atoms with Crippen LogP contribution in [0.3, 0.4) is 0 Å². The molecule has 0 heterocycles. The fraction of sp³-hybridized carbons (Fsp3) is 0.571. The van der Waals surface area contributed by atoms with Gasteiger partial charge < -0.3 is 5.32 Å². The number of fused-ring (bicyclic) bond motifs is 2. The van der Waals surface area contributed by atoms with Gasteiger partial charge in [0.05, 0.1) is 4.92 Å². The fourth-order valence-corrected chi connectivity index (χ4v) is 4.32. The van der Waals surface area contributed by atoms with Crippen LogP contribution >= 0.6 is 22.6 Å². The zero-order valence-electron chi connectivity index (χ0n) is 10.6. The number of anilines is 1. The van der Waals surface area contributed by atoms with E-state index < -0.39 is 0 Å². The molecule has 3 unspecified atom stereocenters. The minimum absolute atomic E-state index is 0.162. The summed E-state index contributed by atoms with van der Waals surface area (Å²) in [6, 6.07) is 5.03. The van der Waals surface area contributed by atoms with Gasteiger partial charge in [-0.3, -0.25) is 10.1 Å². The van der Waals surface area contributed by atoms with Crippen molar-refractivity contribution in [3.63, 3.8) is 0 Å². The van der Waals surface area contributed by atoms with Crippen molar-refractivity contribution in [2.24, 2.45) is 17.8 Å². The molecule has 2 bridgehead atoms. The van der Waals surface area contributed by atoms with Crippen LogP contribution in [0, 0.1) is 31.4 Å². The molecule has 0 radical (unpaired) electrons. The maximum atomic E-state index is 10.7. The Kier molecular flexibility index (Phi) is 3.64. The quantitative estimate of drug-likeness (QED) is 0.493. The molecular weight excluding hydrogens is 355 g/mol. The number of halogens is 1. The van der Waals surface area contributed by atoms with Crippen LogP contribution in [0.4, 0.5) is 11.4 Å². The van der Waals surface area contributed by atoms with Crippen LogP contribution in [-0.2, 0) is 0 Å². The molecule has 2 fully saturated rings. The molecule has 3 atom stereocenters. The van der Waals surface area contributed by atoms with Gasteiger partial charge in [0.25, 0.3) is 5.69 Å².